The Kier molecular flexibility index (Phi) is 3.29. The smallest absolute Gasteiger partial charge is 0.341 e. The Bertz CT molecular complexity index is 471. The molecule has 0 bridgehead atoms. The number of nitro groups is 1. The fourth-order valence-electron chi connectivity index (χ4n) is 1.09. The van der Waals surface area contributed by atoms with Gasteiger partial charge in [-0.1, -0.05) is 0 Å². The number of nitrogens with zero attached hydrogens (tertiary/aromatic N) is 1. The van der Waals surface area contributed by atoms with Gasteiger partial charge in [0.25, 0.3) is 0 Å². The van der Waals surface area contributed by atoms with Gasteiger partial charge in [0.15, 0.2) is 0 Å². The summed E-state index contributed by atoms with van der Waals surface area (Å²) in [5.74, 6) is -2.40. The fourth-order valence-corrected chi connectivity index (χ4v) is 1.09. The molecule has 16 heavy (non-hydrogen) atoms. The maximum absolute atomic E-state index is 13.4. The molecule has 0 amide bonds. The quantitative estimate of drug-likeness (QED) is 0.336. The maximum Gasteiger partial charge on any atom is 0.341 e. The summed E-state index contributed by atoms with van der Waals surface area (Å²) in [6.07, 6.45) is 0.277. The summed E-state index contributed by atoms with van der Waals surface area (Å²) in [5, 5.41) is 10.5. The van der Waals surface area contributed by atoms with Crippen molar-refractivity contribution in [2.24, 2.45) is 0 Å². The minimum absolute atomic E-state index is 0.173. The number of hydrogen-bond acceptors (Lipinski definition) is 5. The number of rotatable bonds is 3. The van der Waals surface area contributed by atoms with E-state index < -0.39 is 28.0 Å². The zero-order valence-corrected chi connectivity index (χ0v) is 8.10. The van der Waals surface area contributed by atoms with Crippen molar-refractivity contribution < 1.29 is 23.6 Å². The molecular weight excluding hydrogens is 221 g/mol. The van der Waals surface area contributed by atoms with Crippen LogP contribution in [0.3, 0.4) is 0 Å². The molecule has 0 atom stereocenters. The molecule has 0 fully saturated rings. The van der Waals surface area contributed by atoms with Crippen molar-refractivity contribution in [2.45, 2.75) is 0 Å². The summed E-state index contributed by atoms with van der Waals surface area (Å²) < 4.78 is 17.7. The minimum atomic E-state index is -1.32. The van der Waals surface area contributed by atoms with Crippen LogP contribution in [0.4, 0.5) is 10.1 Å². The predicted octanol–water partition coefficient (Wildman–Crippen LogP) is 1.33. The van der Waals surface area contributed by atoms with E-state index in [1.807, 2.05) is 0 Å². The summed E-state index contributed by atoms with van der Waals surface area (Å²) in [6, 6.07) is 1.63. The van der Waals surface area contributed by atoms with Crippen molar-refractivity contribution in [2.75, 3.05) is 7.11 Å². The molecule has 0 aliphatic heterocycles. The van der Waals surface area contributed by atoms with Gasteiger partial charge >= 0.3 is 11.7 Å². The van der Waals surface area contributed by atoms with E-state index in [-0.39, 0.29) is 11.8 Å². The van der Waals surface area contributed by atoms with Gasteiger partial charge in [0.2, 0.25) is 5.82 Å². The first-order valence-corrected chi connectivity index (χ1v) is 4.02. The lowest BCUT2D eigenvalue weighted by atomic mass is 10.1. The topological polar surface area (TPSA) is 86.5 Å². The number of esters is 1. The summed E-state index contributed by atoms with van der Waals surface area (Å²) in [7, 11) is 1.00. The lowest BCUT2D eigenvalue weighted by Crippen LogP contribution is -2.08. The van der Waals surface area contributed by atoms with E-state index in [9.17, 15) is 24.1 Å². The molecule has 0 aromatic heterocycles. The van der Waals surface area contributed by atoms with E-state index in [0.29, 0.717) is 0 Å². The molecule has 0 radical (unpaired) electrons. The number of aldehydes is 1. The normalized spacial score (nSPS) is 9.62. The molecule has 1 aromatic rings. The minimum Gasteiger partial charge on any atom is -0.465 e. The highest BCUT2D eigenvalue weighted by Crippen LogP contribution is 2.22. The van der Waals surface area contributed by atoms with Crippen LogP contribution in [0.5, 0.6) is 0 Å². The van der Waals surface area contributed by atoms with Crippen molar-refractivity contribution in [1.29, 1.82) is 0 Å². The third kappa shape index (κ3) is 2.02. The molecule has 0 aliphatic rings. The van der Waals surface area contributed by atoms with Crippen LogP contribution in [0.2, 0.25) is 0 Å². The van der Waals surface area contributed by atoms with Crippen molar-refractivity contribution >= 4 is 17.9 Å². The highest BCUT2D eigenvalue weighted by atomic mass is 19.1. The average molecular weight is 227 g/mol. The molecule has 1 rings (SSSR count). The first-order valence-electron chi connectivity index (χ1n) is 4.02. The molecule has 7 heteroatoms. The molecule has 0 saturated heterocycles. The molecule has 6 nitrogen and oxygen atoms in total. The van der Waals surface area contributed by atoms with Crippen LogP contribution < -0.4 is 0 Å². The van der Waals surface area contributed by atoms with Gasteiger partial charge in [0, 0.05) is 11.6 Å². The van der Waals surface area contributed by atoms with Crippen LogP contribution in [-0.4, -0.2) is 24.3 Å². The first-order chi connectivity index (χ1) is 7.51. The van der Waals surface area contributed by atoms with Gasteiger partial charge in [-0.3, -0.25) is 14.9 Å². The standard InChI is InChI=1S/C9H6FNO5/c1-16-9(13)6-2-5(4-12)3-7(8(6)10)11(14)15/h2-4H,1H3. The first kappa shape index (κ1) is 11.8. The summed E-state index contributed by atoms with van der Waals surface area (Å²) in [5.41, 5.74) is -1.75. The van der Waals surface area contributed by atoms with Crippen LogP contribution in [0, 0.1) is 15.9 Å². The molecular formula is C9H6FNO5. The Labute approximate surface area is 88.8 Å². The van der Waals surface area contributed by atoms with Gasteiger partial charge in [-0.05, 0) is 6.07 Å². The van der Waals surface area contributed by atoms with Crippen molar-refractivity contribution in [3.8, 4) is 0 Å². The lowest BCUT2D eigenvalue weighted by molar-refractivity contribution is -0.387. The average Bonchev–Trinajstić information content (AvgIpc) is 2.28. The highest BCUT2D eigenvalue weighted by molar-refractivity contribution is 5.93. The van der Waals surface area contributed by atoms with Gasteiger partial charge < -0.3 is 4.74 Å². The van der Waals surface area contributed by atoms with Crippen LogP contribution in [0.15, 0.2) is 12.1 Å². The molecule has 84 valence electrons. The molecule has 0 heterocycles. The molecule has 0 unspecified atom stereocenters. The number of halogens is 1. The van der Waals surface area contributed by atoms with E-state index in [1.54, 1.807) is 0 Å². The number of carbonyl (C=O) groups is 2. The SMILES string of the molecule is COC(=O)c1cc(C=O)cc([N+](=O)[O-])c1F. The summed E-state index contributed by atoms with van der Waals surface area (Å²) in [4.78, 5) is 31.0. The second-order valence-corrected chi connectivity index (χ2v) is 2.77. The zero-order chi connectivity index (χ0) is 12.3. The molecule has 0 saturated carbocycles. The molecule has 1 aromatic carbocycles. The van der Waals surface area contributed by atoms with Crippen LogP contribution >= 0.6 is 0 Å². The number of ether oxygens (including phenoxy) is 1. The Morgan fingerprint density at radius 2 is 2.19 bits per heavy atom. The van der Waals surface area contributed by atoms with E-state index in [2.05, 4.69) is 4.74 Å². The van der Waals surface area contributed by atoms with Gasteiger partial charge in [0.05, 0.1) is 12.0 Å². The fraction of sp³-hybridized carbons (Fsp3) is 0.111. The predicted molar refractivity (Wildman–Crippen MR) is 49.8 cm³/mol. The van der Waals surface area contributed by atoms with Crippen LogP contribution in [-0.2, 0) is 4.74 Å². The third-order valence-electron chi connectivity index (χ3n) is 1.81. The Balaban J connectivity index is 3.48. The van der Waals surface area contributed by atoms with Crippen LogP contribution in [0.25, 0.3) is 0 Å². The van der Waals surface area contributed by atoms with E-state index in [0.717, 1.165) is 19.2 Å². The van der Waals surface area contributed by atoms with Gasteiger partial charge in [-0.25, -0.2) is 4.79 Å². The number of benzene rings is 1. The number of hydrogen-bond donors (Lipinski definition) is 0. The number of methoxy groups -OCH3 is 1. The zero-order valence-electron chi connectivity index (χ0n) is 8.10. The van der Waals surface area contributed by atoms with Crippen molar-refractivity contribution in [3.05, 3.63) is 39.2 Å². The molecule has 0 aliphatic carbocycles. The second kappa shape index (κ2) is 4.47. The summed E-state index contributed by atoms with van der Waals surface area (Å²) >= 11 is 0. The maximum atomic E-state index is 13.4. The monoisotopic (exact) mass is 227 g/mol. The lowest BCUT2D eigenvalue weighted by Gasteiger charge is -2.02. The third-order valence-corrected chi connectivity index (χ3v) is 1.81. The summed E-state index contributed by atoms with van der Waals surface area (Å²) in [6.45, 7) is 0. The van der Waals surface area contributed by atoms with Gasteiger partial charge in [0.1, 0.15) is 11.8 Å². The highest BCUT2D eigenvalue weighted by Gasteiger charge is 2.24. The van der Waals surface area contributed by atoms with Crippen molar-refractivity contribution in [3.63, 3.8) is 0 Å². The van der Waals surface area contributed by atoms with E-state index in [1.165, 1.54) is 0 Å². The van der Waals surface area contributed by atoms with Gasteiger partial charge in [-0.2, -0.15) is 4.39 Å². The molecule has 0 spiro atoms. The largest absolute Gasteiger partial charge is 0.465 e. The van der Waals surface area contributed by atoms with E-state index in [4.69, 9.17) is 0 Å². The van der Waals surface area contributed by atoms with Crippen molar-refractivity contribution in [1.82, 2.24) is 0 Å². The number of carbonyl (C=O) groups excluding carboxylic acids is 2. The number of nitro benzene ring substituents is 1. The molecule has 0 N–H and O–H groups in total. The van der Waals surface area contributed by atoms with Crippen LogP contribution in [0.1, 0.15) is 20.7 Å². The van der Waals surface area contributed by atoms with Gasteiger partial charge in [-0.15, -0.1) is 0 Å². The second-order valence-electron chi connectivity index (χ2n) is 2.77. The Hall–Kier alpha value is -2.31. The van der Waals surface area contributed by atoms with E-state index >= 15 is 0 Å². The Morgan fingerprint density at radius 1 is 1.56 bits per heavy atom. The Morgan fingerprint density at radius 3 is 2.62 bits per heavy atom.